The Kier molecular flexibility index (Phi) is 3.73. The number of rotatable bonds is 3. The Morgan fingerprint density at radius 1 is 1.38 bits per heavy atom. The van der Waals surface area contributed by atoms with E-state index in [1.807, 2.05) is 6.07 Å². The normalized spacial score (nSPS) is 12.2. The van der Waals surface area contributed by atoms with Crippen molar-refractivity contribution in [2.45, 2.75) is 13.8 Å². The van der Waals surface area contributed by atoms with Crippen LogP contribution in [-0.4, -0.2) is 5.78 Å². The Hall–Kier alpha value is -1.76. The van der Waals surface area contributed by atoms with E-state index in [0.29, 0.717) is 6.07 Å². The van der Waals surface area contributed by atoms with E-state index in [1.54, 1.807) is 13.8 Å². The van der Waals surface area contributed by atoms with E-state index >= 15 is 0 Å². The van der Waals surface area contributed by atoms with Crippen LogP contribution in [-0.2, 0) is 0 Å². The number of nitriles is 1. The first-order valence-corrected chi connectivity index (χ1v) is 4.86. The predicted octanol–water partition coefficient (Wildman–Crippen LogP) is 2.94. The monoisotopic (exact) mass is 223 g/mol. The van der Waals surface area contributed by atoms with E-state index in [-0.39, 0.29) is 11.5 Å². The molecule has 1 aromatic rings. The zero-order valence-electron chi connectivity index (χ0n) is 9.00. The number of ketones is 1. The molecule has 0 bridgehead atoms. The lowest BCUT2D eigenvalue weighted by Crippen LogP contribution is -2.19. The molecule has 0 aromatic heterocycles. The van der Waals surface area contributed by atoms with Crippen LogP contribution >= 0.6 is 0 Å². The van der Waals surface area contributed by atoms with Gasteiger partial charge in [-0.25, -0.2) is 8.78 Å². The number of Topliss-reactive ketones (excluding diaryl/α,β-unsaturated/α-hetero) is 1. The maximum atomic E-state index is 13.3. The van der Waals surface area contributed by atoms with Crippen molar-refractivity contribution in [2.24, 2.45) is 11.8 Å². The Morgan fingerprint density at radius 3 is 2.44 bits per heavy atom. The van der Waals surface area contributed by atoms with Crippen molar-refractivity contribution < 1.29 is 13.6 Å². The van der Waals surface area contributed by atoms with Gasteiger partial charge in [-0.05, 0) is 18.1 Å². The summed E-state index contributed by atoms with van der Waals surface area (Å²) in [6.07, 6.45) is 0. The third-order valence-electron chi connectivity index (χ3n) is 2.28. The largest absolute Gasteiger partial charge is 0.293 e. The molecule has 0 saturated carbocycles. The van der Waals surface area contributed by atoms with Crippen LogP contribution in [0, 0.1) is 34.8 Å². The van der Waals surface area contributed by atoms with Crippen LogP contribution in [0.3, 0.4) is 0 Å². The Labute approximate surface area is 92.5 Å². The summed E-state index contributed by atoms with van der Waals surface area (Å²) in [6.45, 7) is 3.40. The summed E-state index contributed by atoms with van der Waals surface area (Å²) in [7, 11) is 0. The number of nitrogens with zero attached hydrogens (tertiary/aromatic N) is 1. The van der Waals surface area contributed by atoms with Crippen LogP contribution in [0.4, 0.5) is 8.78 Å². The highest BCUT2D eigenvalue weighted by Crippen LogP contribution is 2.19. The molecule has 2 nitrogen and oxygen atoms in total. The van der Waals surface area contributed by atoms with Gasteiger partial charge in [0.1, 0.15) is 17.6 Å². The van der Waals surface area contributed by atoms with E-state index in [0.717, 1.165) is 12.1 Å². The fourth-order valence-corrected chi connectivity index (χ4v) is 1.37. The molecule has 0 radical (unpaired) electrons. The SMILES string of the molecule is CC(C)C(C#N)C(=O)c1ccc(F)cc1F. The second kappa shape index (κ2) is 4.84. The molecule has 0 amide bonds. The van der Waals surface area contributed by atoms with E-state index in [2.05, 4.69) is 0 Å². The zero-order chi connectivity index (χ0) is 12.3. The van der Waals surface area contributed by atoms with E-state index < -0.39 is 23.3 Å². The maximum Gasteiger partial charge on any atom is 0.183 e. The molecule has 1 unspecified atom stereocenters. The number of halogens is 2. The second-order valence-corrected chi connectivity index (χ2v) is 3.84. The topological polar surface area (TPSA) is 40.9 Å². The number of hydrogen-bond donors (Lipinski definition) is 0. The first-order valence-electron chi connectivity index (χ1n) is 4.86. The fraction of sp³-hybridized carbons (Fsp3) is 0.333. The lowest BCUT2D eigenvalue weighted by Gasteiger charge is -2.11. The summed E-state index contributed by atoms with van der Waals surface area (Å²) < 4.78 is 25.9. The highest BCUT2D eigenvalue weighted by atomic mass is 19.1. The molecule has 1 atom stereocenters. The van der Waals surface area contributed by atoms with Gasteiger partial charge >= 0.3 is 0 Å². The van der Waals surface area contributed by atoms with E-state index in [9.17, 15) is 13.6 Å². The van der Waals surface area contributed by atoms with Crippen molar-refractivity contribution in [1.82, 2.24) is 0 Å². The maximum absolute atomic E-state index is 13.3. The molecule has 0 aliphatic heterocycles. The lowest BCUT2D eigenvalue weighted by molar-refractivity contribution is 0.0920. The minimum Gasteiger partial charge on any atom is -0.293 e. The van der Waals surface area contributed by atoms with Gasteiger partial charge in [0.05, 0.1) is 11.6 Å². The number of hydrogen-bond acceptors (Lipinski definition) is 2. The van der Waals surface area contributed by atoms with Crippen molar-refractivity contribution >= 4 is 5.78 Å². The first-order chi connectivity index (χ1) is 7.47. The average Bonchev–Trinajstić information content (AvgIpc) is 2.17. The summed E-state index contributed by atoms with van der Waals surface area (Å²) in [5.41, 5.74) is -0.235. The summed E-state index contributed by atoms with van der Waals surface area (Å²) in [5.74, 6) is -3.38. The van der Waals surface area contributed by atoms with Crippen molar-refractivity contribution in [3.05, 3.63) is 35.4 Å². The molecule has 1 aromatic carbocycles. The Bertz CT molecular complexity index is 449. The highest BCUT2D eigenvalue weighted by Gasteiger charge is 2.25. The third-order valence-corrected chi connectivity index (χ3v) is 2.28. The molecular weight excluding hydrogens is 212 g/mol. The fourth-order valence-electron chi connectivity index (χ4n) is 1.37. The van der Waals surface area contributed by atoms with Crippen LogP contribution in [0.1, 0.15) is 24.2 Å². The van der Waals surface area contributed by atoms with Gasteiger partial charge in [-0.1, -0.05) is 13.8 Å². The standard InChI is InChI=1S/C12H11F2NO/c1-7(2)10(6-15)12(16)9-4-3-8(13)5-11(9)14/h3-5,7,10H,1-2H3. The van der Waals surface area contributed by atoms with Gasteiger partial charge in [0.25, 0.3) is 0 Å². The van der Waals surface area contributed by atoms with E-state index in [1.165, 1.54) is 0 Å². The van der Waals surface area contributed by atoms with E-state index in [4.69, 9.17) is 5.26 Å². The molecule has 0 fully saturated rings. The summed E-state index contributed by atoms with van der Waals surface area (Å²) in [4.78, 5) is 11.8. The molecule has 0 N–H and O–H groups in total. The number of carbonyl (C=O) groups excluding carboxylic acids is 1. The minimum absolute atomic E-state index is 0.207. The molecule has 4 heteroatoms. The molecule has 0 spiro atoms. The quantitative estimate of drug-likeness (QED) is 0.739. The molecular formula is C12H11F2NO. The summed E-state index contributed by atoms with van der Waals surface area (Å²) in [5, 5.41) is 8.81. The second-order valence-electron chi connectivity index (χ2n) is 3.84. The van der Waals surface area contributed by atoms with Gasteiger partial charge in [-0.2, -0.15) is 5.26 Å². The highest BCUT2D eigenvalue weighted by molar-refractivity contribution is 5.99. The molecule has 0 aliphatic rings. The molecule has 0 aliphatic carbocycles. The molecule has 16 heavy (non-hydrogen) atoms. The summed E-state index contributed by atoms with van der Waals surface area (Å²) >= 11 is 0. The molecule has 0 heterocycles. The zero-order valence-corrected chi connectivity index (χ0v) is 9.00. The Balaban J connectivity index is 3.10. The van der Waals surface area contributed by atoms with Gasteiger partial charge in [-0.15, -0.1) is 0 Å². The van der Waals surface area contributed by atoms with Crippen LogP contribution in [0.2, 0.25) is 0 Å². The van der Waals surface area contributed by atoms with Crippen LogP contribution in [0.25, 0.3) is 0 Å². The predicted molar refractivity (Wildman–Crippen MR) is 54.6 cm³/mol. The smallest absolute Gasteiger partial charge is 0.183 e. The lowest BCUT2D eigenvalue weighted by atomic mass is 9.89. The Morgan fingerprint density at radius 2 is 2.00 bits per heavy atom. The molecule has 1 rings (SSSR count). The average molecular weight is 223 g/mol. The van der Waals surface area contributed by atoms with Crippen LogP contribution < -0.4 is 0 Å². The number of carbonyl (C=O) groups is 1. The first kappa shape index (κ1) is 12.3. The van der Waals surface area contributed by atoms with Crippen molar-refractivity contribution in [2.75, 3.05) is 0 Å². The van der Waals surface area contributed by atoms with Gasteiger partial charge < -0.3 is 0 Å². The van der Waals surface area contributed by atoms with Gasteiger partial charge in [0.15, 0.2) is 5.78 Å². The van der Waals surface area contributed by atoms with Crippen LogP contribution in [0.5, 0.6) is 0 Å². The van der Waals surface area contributed by atoms with Gasteiger partial charge in [-0.3, -0.25) is 4.79 Å². The minimum atomic E-state index is -0.925. The molecule has 84 valence electrons. The van der Waals surface area contributed by atoms with Crippen molar-refractivity contribution in [3.8, 4) is 6.07 Å². The van der Waals surface area contributed by atoms with Crippen molar-refractivity contribution in [1.29, 1.82) is 5.26 Å². The molecule has 0 saturated heterocycles. The van der Waals surface area contributed by atoms with Crippen LogP contribution in [0.15, 0.2) is 18.2 Å². The van der Waals surface area contributed by atoms with Gasteiger partial charge in [0.2, 0.25) is 0 Å². The van der Waals surface area contributed by atoms with Crippen molar-refractivity contribution in [3.63, 3.8) is 0 Å². The third kappa shape index (κ3) is 2.43. The summed E-state index contributed by atoms with van der Waals surface area (Å²) in [6, 6.07) is 4.55. The van der Waals surface area contributed by atoms with Gasteiger partial charge in [0, 0.05) is 6.07 Å². The number of benzene rings is 1.